The predicted molar refractivity (Wildman–Crippen MR) is 68.9 cm³/mol. The lowest BCUT2D eigenvalue weighted by Gasteiger charge is -2.18. The monoisotopic (exact) mass is 248 g/mol. The molecule has 4 heteroatoms. The highest BCUT2D eigenvalue weighted by molar-refractivity contribution is 5.81. The number of fused-ring (bicyclic) bond motifs is 3. The lowest BCUT2D eigenvalue weighted by molar-refractivity contribution is 0.522. The molecule has 0 heterocycles. The Bertz CT molecular complexity index is 689. The molecule has 1 aliphatic rings. The fourth-order valence-electron chi connectivity index (χ4n) is 2.59. The third-order valence-electron chi connectivity index (χ3n) is 3.31. The Morgan fingerprint density at radius 3 is 1.58 bits per heavy atom. The van der Waals surface area contributed by atoms with E-state index >= 15 is 0 Å². The van der Waals surface area contributed by atoms with Gasteiger partial charge in [0.25, 0.3) is 0 Å². The van der Waals surface area contributed by atoms with Crippen molar-refractivity contribution in [1.29, 1.82) is 0 Å². The molecule has 2 aromatic carbocycles. The fraction of sp³-hybridized carbons (Fsp3) is 0.0667. The number of nitrogens with zero attached hydrogens (tertiary/aromatic N) is 2. The Labute approximate surface area is 109 Å². The van der Waals surface area contributed by atoms with Crippen LogP contribution in [-0.4, -0.2) is 12.2 Å². The van der Waals surface area contributed by atoms with Crippen molar-refractivity contribution in [2.75, 3.05) is 0 Å². The molecule has 4 nitrogen and oxygen atoms in total. The van der Waals surface area contributed by atoms with E-state index < -0.39 is 5.66 Å². The van der Waals surface area contributed by atoms with Crippen LogP contribution in [-0.2, 0) is 15.3 Å². The smallest absolute Gasteiger partial charge is 0.211 e. The van der Waals surface area contributed by atoms with E-state index in [1.807, 2.05) is 36.4 Å². The third kappa shape index (κ3) is 1.42. The molecule has 0 aromatic heterocycles. The van der Waals surface area contributed by atoms with Crippen molar-refractivity contribution in [1.82, 2.24) is 0 Å². The second-order valence-electron chi connectivity index (χ2n) is 4.17. The minimum absolute atomic E-state index is 0.697. The van der Waals surface area contributed by atoms with E-state index in [9.17, 15) is 9.59 Å². The van der Waals surface area contributed by atoms with Crippen molar-refractivity contribution in [2.45, 2.75) is 5.66 Å². The summed E-state index contributed by atoms with van der Waals surface area (Å²) in [5.74, 6) is 0. The van der Waals surface area contributed by atoms with Crippen LogP contribution in [0.1, 0.15) is 11.1 Å². The largest absolute Gasteiger partial charge is 0.238 e. The van der Waals surface area contributed by atoms with Crippen LogP contribution in [0.2, 0.25) is 0 Å². The molecule has 0 saturated carbocycles. The summed E-state index contributed by atoms with van der Waals surface area (Å²) in [6.07, 6.45) is 3.04. The molecule has 0 unspecified atom stereocenters. The van der Waals surface area contributed by atoms with Gasteiger partial charge in [-0.1, -0.05) is 48.5 Å². The zero-order chi connectivity index (χ0) is 13.3. The van der Waals surface area contributed by atoms with Gasteiger partial charge in [-0.05, 0) is 11.1 Å². The van der Waals surface area contributed by atoms with Crippen LogP contribution >= 0.6 is 0 Å². The Kier molecular flexibility index (Phi) is 2.46. The van der Waals surface area contributed by atoms with Crippen molar-refractivity contribution < 1.29 is 9.59 Å². The Balaban J connectivity index is 2.48. The van der Waals surface area contributed by atoms with Gasteiger partial charge in [0, 0.05) is 11.1 Å². The summed E-state index contributed by atoms with van der Waals surface area (Å²) in [4.78, 5) is 29.1. The standard InChI is InChI=1S/C15H8N2O2/c18-9-16-15(17-10-19)13-7-3-1-5-11(13)12-6-2-4-8-14(12)15/h1-8H. The lowest BCUT2D eigenvalue weighted by Crippen LogP contribution is -2.19. The highest BCUT2D eigenvalue weighted by atomic mass is 16.1. The molecular weight excluding hydrogens is 240 g/mol. The Morgan fingerprint density at radius 1 is 0.737 bits per heavy atom. The molecule has 0 amide bonds. The molecule has 1 aliphatic carbocycles. The molecule has 0 spiro atoms. The van der Waals surface area contributed by atoms with Crippen LogP contribution in [0.3, 0.4) is 0 Å². The van der Waals surface area contributed by atoms with Gasteiger partial charge in [0.2, 0.25) is 17.8 Å². The molecule has 0 atom stereocenters. The Morgan fingerprint density at radius 2 is 1.16 bits per heavy atom. The maximum absolute atomic E-state index is 10.8. The second kappa shape index (κ2) is 4.14. The van der Waals surface area contributed by atoms with Gasteiger partial charge in [0.15, 0.2) is 0 Å². The normalized spacial score (nSPS) is 13.7. The number of hydrogen-bond acceptors (Lipinski definition) is 4. The summed E-state index contributed by atoms with van der Waals surface area (Å²) in [6.45, 7) is 0. The third-order valence-corrected chi connectivity index (χ3v) is 3.31. The average Bonchev–Trinajstić information content (AvgIpc) is 2.72. The molecule has 0 fully saturated rings. The lowest BCUT2D eigenvalue weighted by atomic mass is 9.98. The van der Waals surface area contributed by atoms with Crippen LogP contribution in [0, 0.1) is 0 Å². The topological polar surface area (TPSA) is 58.9 Å². The van der Waals surface area contributed by atoms with E-state index in [2.05, 4.69) is 9.98 Å². The summed E-state index contributed by atoms with van der Waals surface area (Å²) in [5.41, 5.74) is 1.88. The van der Waals surface area contributed by atoms with Crippen LogP contribution in [0.5, 0.6) is 0 Å². The zero-order valence-corrected chi connectivity index (χ0v) is 9.83. The summed E-state index contributed by atoms with van der Waals surface area (Å²) in [6, 6.07) is 14.9. The minimum atomic E-state index is -1.34. The predicted octanol–water partition coefficient (Wildman–Crippen LogP) is 2.54. The maximum Gasteiger partial charge on any atom is 0.238 e. The van der Waals surface area contributed by atoms with Crippen LogP contribution in [0.25, 0.3) is 11.1 Å². The van der Waals surface area contributed by atoms with E-state index in [0.29, 0.717) is 11.1 Å². The summed E-state index contributed by atoms with van der Waals surface area (Å²) < 4.78 is 0. The SMILES string of the molecule is O=C=NC1(N=C=O)c2ccccc2-c2ccccc21. The molecule has 2 aromatic rings. The molecule has 0 radical (unpaired) electrons. The van der Waals surface area contributed by atoms with Crippen molar-refractivity contribution in [3.63, 3.8) is 0 Å². The number of carbonyl (C=O) groups excluding carboxylic acids is 2. The highest BCUT2D eigenvalue weighted by Gasteiger charge is 2.43. The first kappa shape index (κ1) is 11.3. The van der Waals surface area contributed by atoms with Gasteiger partial charge >= 0.3 is 0 Å². The first-order valence-corrected chi connectivity index (χ1v) is 5.71. The average molecular weight is 248 g/mol. The second-order valence-corrected chi connectivity index (χ2v) is 4.17. The molecule has 19 heavy (non-hydrogen) atoms. The molecule has 0 bridgehead atoms. The number of aliphatic imine (C=N–C) groups is 2. The van der Waals surface area contributed by atoms with Crippen LogP contribution in [0.4, 0.5) is 0 Å². The number of benzene rings is 2. The maximum atomic E-state index is 10.8. The molecule has 0 saturated heterocycles. The first-order valence-electron chi connectivity index (χ1n) is 5.71. The van der Waals surface area contributed by atoms with E-state index in [1.165, 1.54) is 12.2 Å². The molecular formula is C15H8N2O2. The van der Waals surface area contributed by atoms with E-state index in [-0.39, 0.29) is 0 Å². The van der Waals surface area contributed by atoms with Crippen LogP contribution < -0.4 is 0 Å². The van der Waals surface area contributed by atoms with Crippen molar-refractivity contribution in [3.05, 3.63) is 59.7 Å². The van der Waals surface area contributed by atoms with E-state index in [4.69, 9.17) is 0 Å². The zero-order valence-electron chi connectivity index (χ0n) is 9.83. The highest BCUT2D eigenvalue weighted by Crippen LogP contribution is 2.50. The summed E-state index contributed by atoms with van der Waals surface area (Å²) >= 11 is 0. The van der Waals surface area contributed by atoms with E-state index in [1.54, 1.807) is 12.1 Å². The van der Waals surface area contributed by atoms with Gasteiger partial charge < -0.3 is 0 Å². The van der Waals surface area contributed by atoms with Gasteiger partial charge in [0.05, 0.1) is 0 Å². The van der Waals surface area contributed by atoms with Gasteiger partial charge in [-0.2, -0.15) is 9.98 Å². The van der Waals surface area contributed by atoms with Gasteiger partial charge in [-0.3, -0.25) is 0 Å². The Hall–Kier alpha value is -2.80. The van der Waals surface area contributed by atoms with Crippen LogP contribution in [0.15, 0.2) is 58.5 Å². The van der Waals surface area contributed by atoms with Crippen molar-refractivity contribution in [2.24, 2.45) is 9.98 Å². The van der Waals surface area contributed by atoms with Gasteiger partial charge in [-0.25, -0.2) is 9.59 Å². The van der Waals surface area contributed by atoms with Crippen molar-refractivity contribution in [3.8, 4) is 11.1 Å². The number of hydrogen-bond donors (Lipinski definition) is 0. The van der Waals surface area contributed by atoms with Gasteiger partial charge in [0.1, 0.15) is 0 Å². The number of isocyanates is 2. The summed E-state index contributed by atoms with van der Waals surface area (Å²) in [7, 11) is 0. The van der Waals surface area contributed by atoms with E-state index in [0.717, 1.165) is 11.1 Å². The molecule has 3 rings (SSSR count). The summed E-state index contributed by atoms with van der Waals surface area (Å²) in [5, 5.41) is 0. The minimum Gasteiger partial charge on any atom is -0.211 e. The molecule has 0 N–H and O–H groups in total. The quantitative estimate of drug-likeness (QED) is 0.605. The fourth-order valence-corrected chi connectivity index (χ4v) is 2.59. The molecule has 90 valence electrons. The van der Waals surface area contributed by atoms with Gasteiger partial charge in [-0.15, -0.1) is 0 Å². The first-order chi connectivity index (χ1) is 9.33. The molecule has 0 aliphatic heterocycles. The van der Waals surface area contributed by atoms with Crippen molar-refractivity contribution >= 4 is 12.2 Å². The number of rotatable bonds is 2.